The lowest BCUT2D eigenvalue weighted by atomic mass is 10.1. The van der Waals surface area contributed by atoms with E-state index in [0.717, 1.165) is 6.42 Å². The second-order valence-electron chi connectivity index (χ2n) is 3.09. The maximum atomic E-state index is 13.2. The molecular weight excluding hydrogens is 252 g/mol. The average Bonchev–Trinajstić information content (AvgIpc) is 2.09. The van der Waals surface area contributed by atoms with Crippen LogP contribution in [0.4, 0.5) is 8.78 Å². The van der Waals surface area contributed by atoms with Crippen LogP contribution in [-0.4, -0.2) is 6.54 Å². The van der Waals surface area contributed by atoms with E-state index in [-0.39, 0.29) is 5.56 Å². The van der Waals surface area contributed by atoms with Crippen molar-refractivity contribution in [2.45, 2.75) is 19.3 Å². The van der Waals surface area contributed by atoms with E-state index in [1.165, 1.54) is 12.1 Å². The van der Waals surface area contributed by atoms with Gasteiger partial charge in [-0.15, -0.1) is 0 Å². The van der Waals surface area contributed by atoms with Crippen molar-refractivity contribution in [1.29, 1.82) is 0 Å². The summed E-state index contributed by atoms with van der Waals surface area (Å²) >= 11 is 3.03. The highest BCUT2D eigenvalue weighted by atomic mass is 79.9. The topological polar surface area (TPSA) is 26.0 Å². The molecule has 0 fully saturated rings. The zero-order valence-electron chi connectivity index (χ0n) is 7.69. The van der Waals surface area contributed by atoms with Crippen molar-refractivity contribution >= 4 is 15.9 Å². The van der Waals surface area contributed by atoms with Crippen molar-refractivity contribution in [3.63, 3.8) is 0 Å². The summed E-state index contributed by atoms with van der Waals surface area (Å²) < 4.78 is 26.9. The molecule has 0 aliphatic heterocycles. The van der Waals surface area contributed by atoms with E-state index in [1.54, 1.807) is 0 Å². The number of hydrogen-bond acceptors (Lipinski definition) is 1. The van der Waals surface area contributed by atoms with E-state index in [1.807, 2.05) is 0 Å². The average molecular weight is 264 g/mol. The molecule has 1 rings (SSSR count). The Morgan fingerprint density at radius 3 is 2.21 bits per heavy atom. The van der Waals surface area contributed by atoms with Crippen LogP contribution in [0.1, 0.15) is 18.4 Å². The molecule has 2 N–H and O–H groups in total. The summed E-state index contributed by atoms with van der Waals surface area (Å²) in [5.74, 6) is -0.984. The molecule has 0 aliphatic rings. The fraction of sp³-hybridized carbons (Fsp3) is 0.400. The minimum absolute atomic E-state index is 0.154. The lowest BCUT2D eigenvalue weighted by Crippen LogP contribution is -2.01. The van der Waals surface area contributed by atoms with Crippen LogP contribution in [0.5, 0.6) is 0 Å². The van der Waals surface area contributed by atoms with Crippen LogP contribution >= 0.6 is 15.9 Å². The van der Waals surface area contributed by atoms with Crippen molar-refractivity contribution in [2.24, 2.45) is 5.73 Å². The van der Waals surface area contributed by atoms with Crippen molar-refractivity contribution in [3.8, 4) is 0 Å². The maximum absolute atomic E-state index is 13.2. The Kier molecular flexibility index (Phi) is 4.48. The van der Waals surface area contributed by atoms with Crippen molar-refractivity contribution < 1.29 is 8.78 Å². The molecule has 0 heterocycles. The Labute approximate surface area is 90.4 Å². The van der Waals surface area contributed by atoms with E-state index in [4.69, 9.17) is 5.73 Å². The van der Waals surface area contributed by atoms with Gasteiger partial charge in [0.15, 0.2) is 0 Å². The predicted octanol–water partition coefficient (Wildman–Crippen LogP) is 3.01. The fourth-order valence-corrected chi connectivity index (χ4v) is 1.66. The minimum atomic E-state index is -0.492. The standard InChI is InChI=1S/C10H12BrF2N/c11-7-5-9(12)8(10(13)6-7)3-1-2-4-14/h5-6H,1-4,14H2. The molecule has 0 unspecified atom stereocenters. The first kappa shape index (κ1) is 11.6. The normalized spacial score (nSPS) is 10.6. The van der Waals surface area contributed by atoms with Crippen LogP contribution in [-0.2, 0) is 6.42 Å². The molecule has 1 nitrogen and oxygen atoms in total. The monoisotopic (exact) mass is 263 g/mol. The molecule has 0 bridgehead atoms. The summed E-state index contributed by atoms with van der Waals surface area (Å²) in [6, 6.07) is 2.56. The summed E-state index contributed by atoms with van der Waals surface area (Å²) in [5, 5.41) is 0. The van der Waals surface area contributed by atoms with Crippen molar-refractivity contribution in [3.05, 3.63) is 33.8 Å². The number of halogens is 3. The van der Waals surface area contributed by atoms with E-state index in [2.05, 4.69) is 15.9 Å². The molecule has 0 aromatic heterocycles. The zero-order chi connectivity index (χ0) is 10.6. The molecule has 78 valence electrons. The Bertz CT molecular complexity index is 292. The second-order valence-corrected chi connectivity index (χ2v) is 4.01. The molecule has 0 amide bonds. The van der Waals surface area contributed by atoms with Gasteiger partial charge in [-0.2, -0.15) is 0 Å². The van der Waals surface area contributed by atoms with Gasteiger partial charge in [-0.3, -0.25) is 0 Å². The number of benzene rings is 1. The summed E-state index contributed by atoms with van der Waals surface area (Å²) in [5.41, 5.74) is 5.45. The van der Waals surface area contributed by atoms with Gasteiger partial charge < -0.3 is 5.73 Å². The largest absolute Gasteiger partial charge is 0.330 e. The molecule has 0 atom stereocenters. The summed E-state index contributed by atoms with van der Waals surface area (Å²) in [6.07, 6.45) is 1.91. The van der Waals surface area contributed by atoms with Crippen LogP contribution in [0.2, 0.25) is 0 Å². The number of rotatable bonds is 4. The third-order valence-corrected chi connectivity index (χ3v) is 2.44. The highest BCUT2D eigenvalue weighted by Gasteiger charge is 2.09. The maximum Gasteiger partial charge on any atom is 0.130 e. The Hall–Kier alpha value is -0.480. The lowest BCUT2D eigenvalue weighted by Gasteiger charge is -2.04. The van der Waals surface area contributed by atoms with E-state index >= 15 is 0 Å². The SMILES string of the molecule is NCCCCc1c(F)cc(Br)cc1F. The Morgan fingerprint density at radius 1 is 1.14 bits per heavy atom. The van der Waals surface area contributed by atoms with Gasteiger partial charge in [0.05, 0.1) is 0 Å². The number of nitrogens with two attached hydrogens (primary N) is 1. The second kappa shape index (κ2) is 5.41. The zero-order valence-corrected chi connectivity index (χ0v) is 9.28. The molecule has 0 radical (unpaired) electrons. The predicted molar refractivity (Wildman–Crippen MR) is 56.1 cm³/mol. The molecule has 1 aromatic carbocycles. The molecule has 0 saturated carbocycles. The molecule has 0 saturated heterocycles. The molecule has 4 heteroatoms. The third kappa shape index (κ3) is 3.03. The number of unbranched alkanes of at least 4 members (excludes halogenated alkanes) is 1. The number of hydrogen-bond donors (Lipinski definition) is 1. The first-order valence-corrected chi connectivity index (χ1v) is 5.28. The van der Waals surface area contributed by atoms with Crippen LogP contribution < -0.4 is 5.73 Å². The molecule has 0 spiro atoms. The highest BCUT2D eigenvalue weighted by Crippen LogP contribution is 2.20. The first-order chi connectivity index (χ1) is 6.65. The van der Waals surface area contributed by atoms with E-state index in [9.17, 15) is 8.78 Å². The molecular formula is C10H12BrF2N. The van der Waals surface area contributed by atoms with Gasteiger partial charge in [-0.05, 0) is 37.9 Å². The fourth-order valence-electron chi connectivity index (χ4n) is 1.26. The van der Waals surface area contributed by atoms with Gasteiger partial charge in [-0.25, -0.2) is 8.78 Å². The van der Waals surface area contributed by atoms with Crippen LogP contribution in [0.3, 0.4) is 0 Å². The minimum Gasteiger partial charge on any atom is -0.330 e. The van der Waals surface area contributed by atoms with E-state index < -0.39 is 11.6 Å². The lowest BCUT2D eigenvalue weighted by molar-refractivity contribution is 0.546. The molecule has 1 aromatic rings. The van der Waals surface area contributed by atoms with Crippen LogP contribution in [0.25, 0.3) is 0 Å². The van der Waals surface area contributed by atoms with Crippen molar-refractivity contribution in [1.82, 2.24) is 0 Å². The summed E-state index contributed by atoms with van der Waals surface area (Å²) in [6.45, 7) is 0.555. The van der Waals surface area contributed by atoms with E-state index in [0.29, 0.717) is 23.9 Å². The van der Waals surface area contributed by atoms with Gasteiger partial charge in [0.1, 0.15) is 11.6 Å². The third-order valence-electron chi connectivity index (χ3n) is 1.99. The first-order valence-electron chi connectivity index (χ1n) is 4.48. The van der Waals surface area contributed by atoms with Crippen LogP contribution in [0.15, 0.2) is 16.6 Å². The van der Waals surface area contributed by atoms with Gasteiger partial charge in [-0.1, -0.05) is 15.9 Å². The Morgan fingerprint density at radius 2 is 1.71 bits per heavy atom. The van der Waals surface area contributed by atoms with Crippen molar-refractivity contribution in [2.75, 3.05) is 6.54 Å². The van der Waals surface area contributed by atoms with Crippen LogP contribution in [0, 0.1) is 11.6 Å². The molecule has 0 aliphatic carbocycles. The highest BCUT2D eigenvalue weighted by molar-refractivity contribution is 9.10. The van der Waals surface area contributed by atoms with Gasteiger partial charge in [0.2, 0.25) is 0 Å². The van der Waals surface area contributed by atoms with Gasteiger partial charge in [0, 0.05) is 10.0 Å². The summed E-state index contributed by atoms with van der Waals surface area (Å²) in [4.78, 5) is 0. The van der Waals surface area contributed by atoms with Gasteiger partial charge >= 0.3 is 0 Å². The molecule has 14 heavy (non-hydrogen) atoms. The van der Waals surface area contributed by atoms with Gasteiger partial charge in [0.25, 0.3) is 0 Å². The Balaban J connectivity index is 2.75. The quantitative estimate of drug-likeness (QED) is 0.831. The smallest absolute Gasteiger partial charge is 0.130 e. The summed E-state index contributed by atoms with van der Waals surface area (Å²) in [7, 11) is 0.